The van der Waals surface area contributed by atoms with Gasteiger partial charge in [-0.05, 0) is 61.4 Å². The molecule has 0 saturated heterocycles. The van der Waals surface area contributed by atoms with E-state index in [-0.39, 0.29) is 24.7 Å². The average molecular weight is 487 g/mol. The van der Waals surface area contributed by atoms with Gasteiger partial charge in [-0.15, -0.1) is 12.4 Å². The third-order valence-corrected chi connectivity index (χ3v) is 6.03. The Kier molecular flexibility index (Phi) is 8.87. The van der Waals surface area contributed by atoms with Gasteiger partial charge < -0.3 is 19.7 Å². The number of methoxy groups -OCH3 is 1. The van der Waals surface area contributed by atoms with Crippen molar-refractivity contribution in [1.82, 2.24) is 15.1 Å². The van der Waals surface area contributed by atoms with Crippen LogP contribution in [0.4, 0.5) is 5.82 Å². The molecule has 0 radical (unpaired) electrons. The Balaban J connectivity index is 0.00000324. The molecule has 2 N–H and O–H groups in total. The maximum absolute atomic E-state index is 11.5. The predicted molar refractivity (Wildman–Crippen MR) is 131 cm³/mol. The number of hydrogen-bond acceptors (Lipinski definition) is 7. The number of anilines is 1. The number of rotatable bonds is 10. The zero-order chi connectivity index (χ0) is 23.2. The quantitative estimate of drug-likeness (QED) is 0.429. The van der Waals surface area contributed by atoms with Crippen LogP contribution in [-0.4, -0.2) is 39.9 Å². The fourth-order valence-electron chi connectivity index (χ4n) is 4.30. The van der Waals surface area contributed by atoms with Crippen molar-refractivity contribution in [2.75, 3.05) is 19.0 Å². The molecule has 0 amide bonds. The van der Waals surface area contributed by atoms with E-state index in [0.717, 1.165) is 60.6 Å². The molecule has 0 aliphatic carbocycles. The van der Waals surface area contributed by atoms with Crippen molar-refractivity contribution in [2.45, 2.75) is 57.8 Å². The maximum Gasteiger partial charge on any atom is 0.303 e. The molecule has 1 aliphatic heterocycles. The number of fused-ring (bicyclic) bond motifs is 1. The second-order valence-electron chi connectivity index (χ2n) is 8.53. The van der Waals surface area contributed by atoms with Crippen LogP contribution >= 0.6 is 12.4 Å². The van der Waals surface area contributed by atoms with Crippen molar-refractivity contribution in [2.24, 2.45) is 0 Å². The highest BCUT2D eigenvalue weighted by Gasteiger charge is 2.21. The first-order chi connectivity index (χ1) is 16.0. The predicted octanol–water partition coefficient (Wildman–Crippen LogP) is 4.54. The van der Waals surface area contributed by atoms with E-state index in [0.29, 0.717) is 24.6 Å². The summed E-state index contributed by atoms with van der Waals surface area (Å²) in [5.74, 6) is 1.77. The summed E-state index contributed by atoms with van der Waals surface area (Å²) in [6.45, 7) is 2.92. The summed E-state index contributed by atoms with van der Waals surface area (Å²) >= 11 is 0. The van der Waals surface area contributed by atoms with Gasteiger partial charge in [-0.1, -0.05) is 23.4 Å². The number of pyridine rings is 1. The molecule has 0 fully saturated rings. The van der Waals surface area contributed by atoms with Gasteiger partial charge in [0.25, 0.3) is 0 Å². The van der Waals surface area contributed by atoms with E-state index >= 15 is 0 Å². The molecule has 3 aromatic rings. The van der Waals surface area contributed by atoms with Crippen LogP contribution in [0.25, 0.3) is 0 Å². The molecule has 4 rings (SSSR count). The van der Waals surface area contributed by atoms with Crippen LogP contribution < -0.4 is 10.1 Å². The van der Waals surface area contributed by atoms with E-state index in [1.54, 1.807) is 7.11 Å². The summed E-state index contributed by atoms with van der Waals surface area (Å²) in [7, 11) is 1.62. The fourth-order valence-corrected chi connectivity index (χ4v) is 4.30. The van der Waals surface area contributed by atoms with Crippen LogP contribution in [0.2, 0.25) is 0 Å². The SMILES string of the molecule is COc1ccc(C(CC(=O)O)Cc2nc(CCCc3ccc4c(n3)NCCC4)no2)cc1C.Cl. The van der Waals surface area contributed by atoms with Gasteiger partial charge in [-0.2, -0.15) is 4.98 Å². The molecule has 182 valence electrons. The lowest BCUT2D eigenvalue weighted by Gasteiger charge is -2.17. The Morgan fingerprint density at radius 2 is 2.09 bits per heavy atom. The van der Waals surface area contributed by atoms with Crippen LogP contribution in [0.5, 0.6) is 5.75 Å². The number of aromatic nitrogens is 3. The molecular weight excluding hydrogens is 456 g/mol. The molecule has 2 aromatic heterocycles. The molecule has 1 aromatic carbocycles. The number of aliphatic carboxylic acids is 1. The normalized spacial score (nSPS) is 13.4. The highest BCUT2D eigenvalue weighted by atomic mass is 35.5. The number of carbonyl (C=O) groups is 1. The zero-order valence-corrected chi connectivity index (χ0v) is 20.4. The second-order valence-corrected chi connectivity index (χ2v) is 8.53. The molecule has 0 spiro atoms. The maximum atomic E-state index is 11.5. The first-order valence-corrected chi connectivity index (χ1v) is 11.4. The fraction of sp³-hybridized carbons (Fsp3) is 0.440. The molecule has 1 aliphatic rings. The average Bonchev–Trinajstić information content (AvgIpc) is 3.25. The number of carboxylic acids is 1. The van der Waals surface area contributed by atoms with E-state index in [1.165, 1.54) is 5.56 Å². The van der Waals surface area contributed by atoms with E-state index in [9.17, 15) is 9.90 Å². The van der Waals surface area contributed by atoms with Crippen LogP contribution in [0.1, 0.15) is 59.3 Å². The Morgan fingerprint density at radius 3 is 2.85 bits per heavy atom. The Hall–Kier alpha value is -3.13. The summed E-state index contributed by atoms with van der Waals surface area (Å²) in [4.78, 5) is 20.7. The lowest BCUT2D eigenvalue weighted by Crippen LogP contribution is -2.14. The lowest BCUT2D eigenvalue weighted by molar-refractivity contribution is -0.137. The first kappa shape index (κ1) is 25.5. The molecule has 0 saturated carbocycles. The minimum Gasteiger partial charge on any atom is -0.496 e. The highest BCUT2D eigenvalue weighted by Crippen LogP contribution is 2.28. The van der Waals surface area contributed by atoms with Crippen molar-refractivity contribution in [3.05, 3.63) is 64.4 Å². The Labute approximate surface area is 205 Å². The second kappa shape index (κ2) is 11.8. The van der Waals surface area contributed by atoms with Crippen LogP contribution in [-0.2, 0) is 30.5 Å². The largest absolute Gasteiger partial charge is 0.496 e. The number of carboxylic acid groups (broad SMARTS) is 1. The van der Waals surface area contributed by atoms with E-state index in [4.69, 9.17) is 14.2 Å². The summed E-state index contributed by atoms with van der Waals surface area (Å²) < 4.78 is 10.8. The van der Waals surface area contributed by atoms with Crippen LogP contribution in [0.15, 0.2) is 34.9 Å². The molecule has 8 nitrogen and oxygen atoms in total. The minimum absolute atomic E-state index is 0. The molecular formula is C25H31ClN4O4. The van der Waals surface area contributed by atoms with E-state index < -0.39 is 5.97 Å². The monoisotopic (exact) mass is 486 g/mol. The number of nitrogens with one attached hydrogen (secondary N) is 1. The minimum atomic E-state index is -0.861. The first-order valence-electron chi connectivity index (χ1n) is 11.4. The van der Waals surface area contributed by atoms with Gasteiger partial charge in [-0.25, -0.2) is 4.98 Å². The topological polar surface area (TPSA) is 110 Å². The third kappa shape index (κ3) is 6.47. The molecule has 34 heavy (non-hydrogen) atoms. The van der Waals surface area contributed by atoms with Crippen molar-refractivity contribution < 1.29 is 19.2 Å². The van der Waals surface area contributed by atoms with E-state index in [1.807, 2.05) is 25.1 Å². The number of nitrogens with zero attached hydrogens (tertiary/aromatic N) is 3. The number of ether oxygens (including phenoxy) is 1. The van der Waals surface area contributed by atoms with Crippen molar-refractivity contribution >= 4 is 24.2 Å². The number of halogens is 1. The zero-order valence-electron chi connectivity index (χ0n) is 19.5. The molecule has 1 atom stereocenters. The van der Waals surface area contributed by atoms with Gasteiger partial charge in [-0.3, -0.25) is 4.79 Å². The van der Waals surface area contributed by atoms with Crippen LogP contribution in [0.3, 0.4) is 0 Å². The van der Waals surface area contributed by atoms with Gasteiger partial charge in [0.15, 0.2) is 5.82 Å². The van der Waals surface area contributed by atoms with Gasteiger partial charge in [0.05, 0.1) is 13.5 Å². The standard InChI is InChI=1S/C25H30N4O4.ClH/c1-16-13-18(9-11-21(16)32-2)19(15-24(30)31)14-23-28-22(29-33-23)7-3-6-20-10-8-17-5-4-12-26-25(17)27-20;/h8-11,13,19H,3-7,12,14-15H2,1-2H3,(H,26,27)(H,30,31);1H. The third-order valence-electron chi connectivity index (χ3n) is 6.03. The van der Waals surface area contributed by atoms with Gasteiger partial charge in [0, 0.05) is 31.0 Å². The number of aryl methyl sites for hydroxylation is 4. The summed E-state index contributed by atoms with van der Waals surface area (Å²) in [6.07, 6.45) is 4.98. The van der Waals surface area contributed by atoms with Gasteiger partial charge in [0.2, 0.25) is 5.89 Å². The highest BCUT2D eigenvalue weighted by molar-refractivity contribution is 5.85. The smallest absolute Gasteiger partial charge is 0.303 e. The van der Waals surface area contributed by atoms with E-state index in [2.05, 4.69) is 27.6 Å². The van der Waals surface area contributed by atoms with Crippen molar-refractivity contribution in [3.63, 3.8) is 0 Å². The Morgan fingerprint density at radius 1 is 1.24 bits per heavy atom. The van der Waals surface area contributed by atoms with Crippen molar-refractivity contribution in [3.8, 4) is 5.75 Å². The van der Waals surface area contributed by atoms with Gasteiger partial charge in [0.1, 0.15) is 11.6 Å². The molecule has 9 heteroatoms. The number of hydrogen-bond donors (Lipinski definition) is 2. The molecule has 3 heterocycles. The molecule has 1 unspecified atom stereocenters. The Bertz CT molecular complexity index is 1120. The molecule has 0 bridgehead atoms. The number of benzene rings is 1. The lowest BCUT2D eigenvalue weighted by atomic mass is 9.91. The summed E-state index contributed by atoms with van der Waals surface area (Å²) in [5.41, 5.74) is 4.23. The van der Waals surface area contributed by atoms with Crippen LogP contribution in [0, 0.1) is 6.92 Å². The van der Waals surface area contributed by atoms with Gasteiger partial charge >= 0.3 is 5.97 Å². The summed E-state index contributed by atoms with van der Waals surface area (Å²) in [6, 6.07) is 9.99. The summed E-state index contributed by atoms with van der Waals surface area (Å²) in [5, 5.41) is 16.9. The van der Waals surface area contributed by atoms with Crippen molar-refractivity contribution in [1.29, 1.82) is 0 Å².